The van der Waals surface area contributed by atoms with Gasteiger partial charge in [0, 0.05) is 6.07 Å². The van der Waals surface area contributed by atoms with Crippen molar-refractivity contribution in [3.8, 4) is 5.75 Å². The lowest BCUT2D eigenvalue weighted by atomic mass is 10.2. The van der Waals surface area contributed by atoms with Gasteiger partial charge < -0.3 is 10.8 Å². The Bertz CT molecular complexity index is 260. The molecule has 0 bridgehead atoms. The summed E-state index contributed by atoms with van der Waals surface area (Å²) in [5.41, 5.74) is 5.64. The summed E-state index contributed by atoms with van der Waals surface area (Å²) in [6.07, 6.45) is 0. The van der Waals surface area contributed by atoms with Crippen molar-refractivity contribution in [3.63, 3.8) is 0 Å². The molecule has 3 N–H and O–H groups in total. The third-order valence-corrected chi connectivity index (χ3v) is 1.11. The number of rotatable bonds is 1. The molecule has 0 fully saturated rings. The first-order valence-corrected chi connectivity index (χ1v) is 2.66. The summed E-state index contributed by atoms with van der Waals surface area (Å²) < 4.78 is 0. The molecule has 0 spiro atoms. The molecule has 0 radical (unpaired) electrons. The van der Waals surface area contributed by atoms with Crippen molar-refractivity contribution in [2.45, 2.75) is 0 Å². The van der Waals surface area contributed by atoms with Crippen LogP contribution in [0.4, 0.5) is 11.4 Å². The molecule has 0 aliphatic carbocycles. The molecule has 0 aliphatic rings. The van der Waals surface area contributed by atoms with Crippen molar-refractivity contribution in [2.75, 3.05) is 5.73 Å². The van der Waals surface area contributed by atoms with E-state index < -0.39 is 0 Å². The molecular weight excluding hydrogens is 132 g/mol. The molecular formula is C6H6N2O2. The van der Waals surface area contributed by atoms with Crippen LogP contribution in [0.25, 0.3) is 0 Å². The first-order chi connectivity index (χ1) is 4.74. The number of nitrogen functional groups attached to an aromatic ring is 1. The maximum absolute atomic E-state index is 9.94. The Kier molecular flexibility index (Phi) is 1.53. The zero-order valence-electron chi connectivity index (χ0n) is 5.11. The average Bonchev–Trinajstić information content (AvgIpc) is 1.94. The first kappa shape index (κ1) is 6.54. The van der Waals surface area contributed by atoms with Gasteiger partial charge in [0.1, 0.15) is 11.4 Å². The SMILES string of the molecule is Nc1ccc(O)cc1N=O. The van der Waals surface area contributed by atoms with E-state index in [1.165, 1.54) is 18.2 Å². The summed E-state index contributed by atoms with van der Waals surface area (Å²) >= 11 is 0. The van der Waals surface area contributed by atoms with Crippen molar-refractivity contribution in [2.24, 2.45) is 5.18 Å². The van der Waals surface area contributed by atoms with Crippen molar-refractivity contribution < 1.29 is 5.11 Å². The quantitative estimate of drug-likeness (QED) is 0.349. The molecule has 0 amide bonds. The third kappa shape index (κ3) is 1.05. The Morgan fingerprint density at radius 2 is 2.20 bits per heavy atom. The van der Waals surface area contributed by atoms with E-state index in [1.807, 2.05) is 0 Å². The lowest BCUT2D eigenvalue weighted by Gasteiger charge is -1.95. The average molecular weight is 138 g/mol. The van der Waals surface area contributed by atoms with E-state index in [2.05, 4.69) is 5.18 Å². The van der Waals surface area contributed by atoms with Crippen molar-refractivity contribution >= 4 is 11.4 Å². The fraction of sp³-hybridized carbons (Fsp3) is 0. The van der Waals surface area contributed by atoms with Crippen molar-refractivity contribution in [1.82, 2.24) is 0 Å². The van der Waals surface area contributed by atoms with E-state index in [0.29, 0.717) is 0 Å². The number of anilines is 1. The number of phenolic OH excluding ortho intramolecular Hbond substituents is 1. The fourth-order valence-electron chi connectivity index (χ4n) is 0.611. The standard InChI is InChI=1S/C6H6N2O2/c7-5-2-1-4(9)3-6(5)8-10/h1-3,9H,7H2. The second-order valence-electron chi connectivity index (χ2n) is 1.83. The minimum Gasteiger partial charge on any atom is -0.508 e. The van der Waals surface area contributed by atoms with Gasteiger partial charge in [0.2, 0.25) is 0 Å². The monoisotopic (exact) mass is 138 g/mol. The number of hydrogen-bond donors (Lipinski definition) is 2. The number of hydrogen-bond acceptors (Lipinski definition) is 4. The number of benzene rings is 1. The molecule has 4 heteroatoms. The van der Waals surface area contributed by atoms with Gasteiger partial charge in [-0.05, 0) is 17.3 Å². The molecule has 1 aromatic rings. The van der Waals surface area contributed by atoms with Gasteiger partial charge in [-0.1, -0.05) is 0 Å². The zero-order chi connectivity index (χ0) is 7.56. The number of aromatic hydroxyl groups is 1. The predicted molar refractivity (Wildman–Crippen MR) is 38.0 cm³/mol. The highest BCUT2D eigenvalue weighted by molar-refractivity contribution is 5.64. The largest absolute Gasteiger partial charge is 0.508 e. The normalized spacial score (nSPS) is 9.20. The number of phenols is 1. The van der Waals surface area contributed by atoms with Crippen LogP contribution in [0.2, 0.25) is 0 Å². The molecule has 0 saturated carbocycles. The molecule has 52 valence electrons. The van der Waals surface area contributed by atoms with E-state index in [9.17, 15) is 4.91 Å². The highest BCUT2D eigenvalue weighted by Gasteiger charge is 1.98. The van der Waals surface area contributed by atoms with E-state index >= 15 is 0 Å². The topological polar surface area (TPSA) is 75.7 Å². The maximum atomic E-state index is 9.94. The van der Waals surface area contributed by atoms with Crippen LogP contribution in [-0.2, 0) is 0 Å². The van der Waals surface area contributed by atoms with Gasteiger partial charge in [-0.2, -0.15) is 0 Å². The Balaban J connectivity index is 3.21. The van der Waals surface area contributed by atoms with Gasteiger partial charge >= 0.3 is 0 Å². The molecule has 1 rings (SSSR count). The lowest BCUT2D eigenvalue weighted by Crippen LogP contribution is -1.83. The Morgan fingerprint density at radius 1 is 1.50 bits per heavy atom. The summed E-state index contributed by atoms with van der Waals surface area (Å²) in [5.74, 6) is -0.0104. The molecule has 0 aliphatic heterocycles. The molecule has 0 saturated heterocycles. The predicted octanol–water partition coefficient (Wildman–Crippen LogP) is 1.37. The smallest absolute Gasteiger partial charge is 0.134 e. The molecule has 1 aromatic carbocycles. The van der Waals surface area contributed by atoms with E-state index in [0.717, 1.165) is 0 Å². The Hall–Kier alpha value is -1.58. The molecule has 4 nitrogen and oxygen atoms in total. The van der Waals surface area contributed by atoms with Gasteiger partial charge in [-0.3, -0.25) is 0 Å². The summed E-state index contributed by atoms with van der Waals surface area (Å²) in [5, 5.41) is 11.4. The van der Waals surface area contributed by atoms with Crippen LogP contribution in [0.3, 0.4) is 0 Å². The number of nitroso groups, excluding NO2 is 1. The van der Waals surface area contributed by atoms with Crippen molar-refractivity contribution in [1.29, 1.82) is 0 Å². The van der Waals surface area contributed by atoms with Crippen LogP contribution in [0.5, 0.6) is 5.75 Å². The summed E-state index contributed by atoms with van der Waals surface area (Å²) in [4.78, 5) is 9.94. The molecule has 0 atom stereocenters. The third-order valence-electron chi connectivity index (χ3n) is 1.11. The minimum absolute atomic E-state index is 0.0104. The number of nitrogens with two attached hydrogens (primary N) is 1. The van der Waals surface area contributed by atoms with Gasteiger partial charge in [-0.15, -0.1) is 4.91 Å². The van der Waals surface area contributed by atoms with Crippen LogP contribution in [-0.4, -0.2) is 5.11 Å². The van der Waals surface area contributed by atoms with Crippen LogP contribution in [0.1, 0.15) is 0 Å². The molecule has 0 unspecified atom stereocenters. The Morgan fingerprint density at radius 3 is 2.70 bits per heavy atom. The highest BCUT2D eigenvalue weighted by Crippen LogP contribution is 2.25. The first-order valence-electron chi connectivity index (χ1n) is 2.66. The second-order valence-corrected chi connectivity index (χ2v) is 1.83. The lowest BCUT2D eigenvalue weighted by molar-refractivity contribution is 0.475. The van der Waals surface area contributed by atoms with Crippen LogP contribution < -0.4 is 5.73 Å². The van der Waals surface area contributed by atoms with E-state index in [1.54, 1.807) is 0 Å². The summed E-state index contributed by atoms with van der Waals surface area (Å²) in [6, 6.07) is 4.03. The second kappa shape index (κ2) is 2.34. The minimum atomic E-state index is -0.0104. The summed E-state index contributed by atoms with van der Waals surface area (Å²) in [7, 11) is 0. The molecule has 0 aromatic heterocycles. The number of nitrogens with zero attached hydrogens (tertiary/aromatic N) is 1. The van der Waals surface area contributed by atoms with Crippen molar-refractivity contribution in [3.05, 3.63) is 23.1 Å². The fourth-order valence-corrected chi connectivity index (χ4v) is 0.611. The van der Waals surface area contributed by atoms with Crippen LogP contribution >= 0.6 is 0 Å². The molecule has 10 heavy (non-hydrogen) atoms. The highest BCUT2D eigenvalue weighted by atomic mass is 16.3. The summed E-state index contributed by atoms with van der Waals surface area (Å²) in [6.45, 7) is 0. The van der Waals surface area contributed by atoms with Gasteiger partial charge in [0.15, 0.2) is 0 Å². The molecule has 0 heterocycles. The van der Waals surface area contributed by atoms with E-state index in [-0.39, 0.29) is 17.1 Å². The van der Waals surface area contributed by atoms with Gasteiger partial charge in [0.05, 0.1) is 5.69 Å². The van der Waals surface area contributed by atoms with Gasteiger partial charge in [-0.25, -0.2) is 0 Å². The van der Waals surface area contributed by atoms with Crippen LogP contribution in [0.15, 0.2) is 23.4 Å². The van der Waals surface area contributed by atoms with E-state index in [4.69, 9.17) is 10.8 Å². The Labute approximate surface area is 57.3 Å². The van der Waals surface area contributed by atoms with Crippen LogP contribution in [0, 0.1) is 4.91 Å². The van der Waals surface area contributed by atoms with Gasteiger partial charge in [0.25, 0.3) is 0 Å². The zero-order valence-corrected chi connectivity index (χ0v) is 5.11. The maximum Gasteiger partial charge on any atom is 0.134 e.